The van der Waals surface area contributed by atoms with Crippen LogP contribution in [-0.4, -0.2) is 31.2 Å². The van der Waals surface area contributed by atoms with Gasteiger partial charge in [0.15, 0.2) is 0 Å². The number of amides is 2. The summed E-state index contributed by atoms with van der Waals surface area (Å²) in [7, 11) is 1.36. The van der Waals surface area contributed by atoms with Crippen molar-refractivity contribution >= 4 is 12.0 Å². The molecular formula is C10H18N2O3. The Balaban J connectivity index is 2.23. The van der Waals surface area contributed by atoms with Gasteiger partial charge in [-0.2, -0.15) is 0 Å². The van der Waals surface area contributed by atoms with Crippen molar-refractivity contribution in [1.29, 1.82) is 0 Å². The van der Waals surface area contributed by atoms with Crippen LogP contribution in [0.5, 0.6) is 0 Å². The maximum Gasteiger partial charge on any atom is 0.407 e. The molecule has 15 heavy (non-hydrogen) atoms. The normalized spacial score (nSPS) is 25.5. The van der Waals surface area contributed by atoms with Crippen LogP contribution in [0.3, 0.4) is 0 Å². The highest BCUT2D eigenvalue weighted by molar-refractivity contribution is 5.73. The quantitative estimate of drug-likeness (QED) is 0.714. The molecule has 2 N–H and O–H groups in total. The average molecular weight is 214 g/mol. The minimum Gasteiger partial charge on any atom is -0.453 e. The molecule has 1 rings (SSSR count). The third-order valence-electron chi connectivity index (χ3n) is 2.64. The van der Waals surface area contributed by atoms with Crippen LogP contribution in [0.2, 0.25) is 0 Å². The number of carbonyl (C=O) groups is 2. The number of methoxy groups -OCH3 is 1. The number of rotatable bonds is 2. The van der Waals surface area contributed by atoms with Crippen LogP contribution in [-0.2, 0) is 9.53 Å². The number of nitrogens with one attached hydrogen (secondary N) is 2. The molecule has 0 aromatic carbocycles. The number of carbonyl (C=O) groups excluding carboxylic acids is 2. The van der Waals surface area contributed by atoms with E-state index in [9.17, 15) is 9.59 Å². The zero-order valence-corrected chi connectivity index (χ0v) is 9.21. The highest BCUT2D eigenvalue weighted by atomic mass is 16.5. The fraction of sp³-hybridized carbons (Fsp3) is 0.800. The van der Waals surface area contributed by atoms with Crippen LogP contribution in [0.25, 0.3) is 0 Å². The Morgan fingerprint density at radius 2 is 1.53 bits per heavy atom. The molecule has 1 saturated carbocycles. The van der Waals surface area contributed by atoms with E-state index in [0.717, 1.165) is 25.7 Å². The Morgan fingerprint density at radius 1 is 1.07 bits per heavy atom. The Morgan fingerprint density at radius 3 is 1.93 bits per heavy atom. The number of ether oxygens (including phenoxy) is 1. The maximum absolute atomic E-state index is 10.9. The summed E-state index contributed by atoms with van der Waals surface area (Å²) in [5.41, 5.74) is 0. The standard InChI is InChI=1S/C10H18N2O3/c1-7(13)11-8-3-5-9(6-4-8)12-10(14)15-2/h8-9H,3-6H2,1-2H3,(H,11,13)(H,12,14). The second kappa shape index (κ2) is 5.58. The molecule has 1 aliphatic carbocycles. The first-order chi connectivity index (χ1) is 7.11. The van der Waals surface area contributed by atoms with Gasteiger partial charge in [0.25, 0.3) is 0 Å². The van der Waals surface area contributed by atoms with Crippen molar-refractivity contribution < 1.29 is 14.3 Å². The molecule has 0 aromatic rings. The summed E-state index contributed by atoms with van der Waals surface area (Å²) in [6.45, 7) is 1.53. The number of hydrogen-bond acceptors (Lipinski definition) is 3. The summed E-state index contributed by atoms with van der Waals surface area (Å²) in [5, 5.41) is 5.66. The smallest absolute Gasteiger partial charge is 0.407 e. The summed E-state index contributed by atoms with van der Waals surface area (Å²) in [5.74, 6) is 0.0133. The van der Waals surface area contributed by atoms with Gasteiger partial charge in [-0.3, -0.25) is 4.79 Å². The van der Waals surface area contributed by atoms with Gasteiger partial charge >= 0.3 is 6.09 Å². The predicted molar refractivity (Wildman–Crippen MR) is 55.4 cm³/mol. The first-order valence-electron chi connectivity index (χ1n) is 5.23. The molecule has 0 unspecified atom stereocenters. The molecular weight excluding hydrogens is 196 g/mol. The molecule has 1 fully saturated rings. The number of alkyl carbamates (subject to hydrolysis) is 1. The molecule has 0 aliphatic heterocycles. The molecule has 0 heterocycles. The Bertz CT molecular complexity index is 235. The van der Waals surface area contributed by atoms with Crippen molar-refractivity contribution in [1.82, 2.24) is 10.6 Å². The maximum atomic E-state index is 10.9. The van der Waals surface area contributed by atoms with Crippen molar-refractivity contribution in [2.24, 2.45) is 0 Å². The van der Waals surface area contributed by atoms with E-state index in [4.69, 9.17) is 0 Å². The molecule has 5 nitrogen and oxygen atoms in total. The van der Waals surface area contributed by atoms with E-state index in [1.54, 1.807) is 0 Å². The van der Waals surface area contributed by atoms with E-state index < -0.39 is 0 Å². The van der Waals surface area contributed by atoms with Gasteiger partial charge in [-0.1, -0.05) is 0 Å². The van der Waals surface area contributed by atoms with E-state index in [1.165, 1.54) is 14.0 Å². The van der Waals surface area contributed by atoms with Crippen molar-refractivity contribution in [3.8, 4) is 0 Å². The fourth-order valence-corrected chi connectivity index (χ4v) is 1.90. The van der Waals surface area contributed by atoms with Crippen LogP contribution < -0.4 is 10.6 Å². The molecule has 0 atom stereocenters. The fourth-order valence-electron chi connectivity index (χ4n) is 1.90. The minimum atomic E-state index is -0.377. The Labute approximate surface area is 89.6 Å². The summed E-state index contributed by atoms with van der Waals surface area (Å²) < 4.78 is 4.52. The van der Waals surface area contributed by atoms with E-state index in [-0.39, 0.29) is 24.1 Å². The Hall–Kier alpha value is -1.26. The lowest BCUT2D eigenvalue weighted by molar-refractivity contribution is -0.119. The van der Waals surface area contributed by atoms with Gasteiger partial charge in [0, 0.05) is 19.0 Å². The van der Waals surface area contributed by atoms with E-state index in [2.05, 4.69) is 15.4 Å². The second-order valence-electron chi connectivity index (χ2n) is 3.88. The van der Waals surface area contributed by atoms with Crippen molar-refractivity contribution in [2.45, 2.75) is 44.7 Å². The van der Waals surface area contributed by atoms with Gasteiger partial charge in [-0.05, 0) is 25.7 Å². The van der Waals surface area contributed by atoms with Crippen LogP contribution in [0.1, 0.15) is 32.6 Å². The second-order valence-corrected chi connectivity index (χ2v) is 3.88. The largest absolute Gasteiger partial charge is 0.453 e. The molecule has 1 aliphatic rings. The van der Waals surface area contributed by atoms with E-state index in [0.29, 0.717) is 0 Å². The monoisotopic (exact) mass is 214 g/mol. The van der Waals surface area contributed by atoms with E-state index >= 15 is 0 Å². The van der Waals surface area contributed by atoms with Crippen molar-refractivity contribution in [3.05, 3.63) is 0 Å². The first kappa shape index (κ1) is 11.8. The molecule has 5 heteroatoms. The predicted octanol–water partition coefficient (Wildman–Crippen LogP) is 0.790. The molecule has 0 spiro atoms. The van der Waals surface area contributed by atoms with Crippen molar-refractivity contribution in [3.63, 3.8) is 0 Å². The molecule has 0 radical (unpaired) electrons. The molecule has 2 amide bonds. The average Bonchev–Trinajstić information content (AvgIpc) is 2.20. The summed E-state index contributed by atoms with van der Waals surface area (Å²) in [6, 6.07) is 0.445. The summed E-state index contributed by atoms with van der Waals surface area (Å²) >= 11 is 0. The van der Waals surface area contributed by atoms with Gasteiger partial charge < -0.3 is 15.4 Å². The lowest BCUT2D eigenvalue weighted by atomic mass is 9.91. The topological polar surface area (TPSA) is 67.4 Å². The molecule has 86 valence electrons. The molecule has 0 saturated heterocycles. The third kappa shape index (κ3) is 4.18. The minimum absolute atomic E-state index is 0.0133. The highest BCUT2D eigenvalue weighted by Gasteiger charge is 2.22. The van der Waals surface area contributed by atoms with E-state index in [1.807, 2.05) is 0 Å². The summed E-state index contributed by atoms with van der Waals surface area (Å²) in [6.07, 6.45) is 3.22. The SMILES string of the molecule is COC(=O)NC1CCC(NC(C)=O)CC1. The summed E-state index contributed by atoms with van der Waals surface area (Å²) in [4.78, 5) is 21.8. The van der Waals surface area contributed by atoms with Gasteiger partial charge in [0.2, 0.25) is 5.91 Å². The van der Waals surface area contributed by atoms with Gasteiger partial charge in [0.05, 0.1) is 7.11 Å². The zero-order valence-electron chi connectivity index (χ0n) is 9.21. The molecule has 0 bridgehead atoms. The lowest BCUT2D eigenvalue weighted by Crippen LogP contribution is -2.43. The number of hydrogen-bond donors (Lipinski definition) is 2. The highest BCUT2D eigenvalue weighted by Crippen LogP contribution is 2.18. The van der Waals surface area contributed by atoms with Crippen LogP contribution in [0.15, 0.2) is 0 Å². The van der Waals surface area contributed by atoms with Crippen molar-refractivity contribution in [2.75, 3.05) is 7.11 Å². The van der Waals surface area contributed by atoms with Crippen LogP contribution in [0, 0.1) is 0 Å². The van der Waals surface area contributed by atoms with Crippen LogP contribution >= 0.6 is 0 Å². The molecule has 0 aromatic heterocycles. The first-order valence-corrected chi connectivity index (χ1v) is 5.23. The van der Waals surface area contributed by atoms with Crippen LogP contribution in [0.4, 0.5) is 4.79 Å². The Kier molecular flexibility index (Phi) is 4.39. The van der Waals surface area contributed by atoms with Gasteiger partial charge in [-0.25, -0.2) is 4.79 Å². The van der Waals surface area contributed by atoms with Gasteiger partial charge in [0.1, 0.15) is 0 Å². The van der Waals surface area contributed by atoms with Gasteiger partial charge in [-0.15, -0.1) is 0 Å². The zero-order chi connectivity index (χ0) is 11.3. The lowest BCUT2D eigenvalue weighted by Gasteiger charge is -2.28. The third-order valence-corrected chi connectivity index (χ3v) is 2.64.